The van der Waals surface area contributed by atoms with Gasteiger partial charge in [-0.25, -0.2) is 4.98 Å². The molecule has 0 radical (unpaired) electrons. The van der Waals surface area contributed by atoms with E-state index in [1.54, 1.807) is 49.6 Å². The molecule has 2 aromatic heterocycles. The van der Waals surface area contributed by atoms with Gasteiger partial charge < -0.3 is 20.4 Å². The number of amides is 1. The van der Waals surface area contributed by atoms with Crippen molar-refractivity contribution in [2.45, 2.75) is 51.5 Å². The summed E-state index contributed by atoms with van der Waals surface area (Å²) in [4.78, 5) is 22.7. The summed E-state index contributed by atoms with van der Waals surface area (Å²) in [5.74, 6) is -0.0807. The normalized spacial score (nSPS) is 13.8. The molecule has 2 heterocycles. The van der Waals surface area contributed by atoms with Crippen LogP contribution in [-0.2, 0) is 13.0 Å². The van der Waals surface area contributed by atoms with Crippen LogP contribution in [0.25, 0.3) is 0 Å². The summed E-state index contributed by atoms with van der Waals surface area (Å²) < 4.78 is 0. The Bertz CT molecular complexity index is 1090. The Kier molecular flexibility index (Phi) is 9.74. The predicted molar refractivity (Wildman–Crippen MR) is 137 cm³/mol. The molecular weight excluding hydrogens is 464 g/mol. The first kappa shape index (κ1) is 26.8. The summed E-state index contributed by atoms with van der Waals surface area (Å²) in [6.45, 7) is 4.81. The van der Waals surface area contributed by atoms with Crippen molar-refractivity contribution >= 4 is 17.5 Å². The highest BCUT2D eigenvalue weighted by atomic mass is 35.5. The van der Waals surface area contributed by atoms with Gasteiger partial charge >= 0.3 is 0 Å². The van der Waals surface area contributed by atoms with E-state index in [0.717, 1.165) is 35.1 Å². The average Bonchev–Trinajstić information content (AvgIpc) is 2.86. The number of carbonyl (C=O) groups excluding carboxylic acids is 1. The Morgan fingerprint density at radius 1 is 1.06 bits per heavy atom. The summed E-state index contributed by atoms with van der Waals surface area (Å²) >= 11 is 5.84. The van der Waals surface area contributed by atoms with Crippen molar-refractivity contribution in [3.05, 3.63) is 94.0 Å². The second kappa shape index (κ2) is 12.7. The minimum atomic E-state index is -0.670. The zero-order valence-electron chi connectivity index (χ0n) is 20.4. The van der Waals surface area contributed by atoms with Gasteiger partial charge in [-0.2, -0.15) is 0 Å². The van der Waals surface area contributed by atoms with Crippen LogP contribution in [0.15, 0.2) is 61.1 Å². The fourth-order valence-corrected chi connectivity index (χ4v) is 3.99. The molecule has 186 valence electrons. The number of nitrogens with one attached hydrogen (secondary N) is 1. The maximum Gasteiger partial charge on any atom is 0.253 e. The van der Waals surface area contributed by atoms with Gasteiger partial charge in [0.2, 0.25) is 0 Å². The van der Waals surface area contributed by atoms with Gasteiger partial charge in [0, 0.05) is 49.4 Å². The summed E-state index contributed by atoms with van der Waals surface area (Å²) in [7, 11) is 1.75. The van der Waals surface area contributed by atoms with Gasteiger partial charge in [0.25, 0.3) is 5.91 Å². The fourth-order valence-electron chi connectivity index (χ4n) is 3.88. The summed E-state index contributed by atoms with van der Waals surface area (Å²) in [5, 5.41) is 24.2. The highest BCUT2D eigenvalue weighted by Gasteiger charge is 2.19. The smallest absolute Gasteiger partial charge is 0.253 e. The molecule has 3 rings (SSSR count). The molecule has 7 nitrogen and oxygen atoms in total. The maximum absolute atomic E-state index is 12.9. The first-order valence-electron chi connectivity index (χ1n) is 11.8. The highest BCUT2D eigenvalue weighted by Crippen LogP contribution is 2.20. The molecule has 0 aliphatic heterocycles. The van der Waals surface area contributed by atoms with E-state index in [2.05, 4.69) is 15.3 Å². The Hall–Kier alpha value is -2.84. The molecule has 0 bridgehead atoms. The minimum Gasteiger partial charge on any atom is -0.389 e. The minimum absolute atomic E-state index is 0.0807. The predicted octanol–water partition coefficient (Wildman–Crippen LogP) is 4.10. The van der Waals surface area contributed by atoms with Crippen molar-refractivity contribution in [1.82, 2.24) is 20.2 Å². The van der Waals surface area contributed by atoms with Gasteiger partial charge in [0.15, 0.2) is 0 Å². The van der Waals surface area contributed by atoms with E-state index in [0.29, 0.717) is 23.8 Å². The van der Waals surface area contributed by atoms with Crippen LogP contribution in [0.1, 0.15) is 65.1 Å². The lowest BCUT2D eigenvalue weighted by molar-refractivity contribution is 0.0785. The van der Waals surface area contributed by atoms with E-state index >= 15 is 0 Å². The van der Waals surface area contributed by atoms with Gasteiger partial charge in [-0.15, -0.1) is 0 Å². The first-order chi connectivity index (χ1) is 16.8. The number of pyridine rings is 2. The van der Waals surface area contributed by atoms with E-state index in [1.165, 1.54) is 0 Å². The van der Waals surface area contributed by atoms with Crippen molar-refractivity contribution in [2.75, 3.05) is 13.6 Å². The number of hydrogen-bond donors (Lipinski definition) is 3. The van der Waals surface area contributed by atoms with Crippen molar-refractivity contribution in [1.29, 1.82) is 0 Å². The number of aliphatic hydroxyl groups excluding tert-OH is 2. The SMILES string of the molecule is CCC(NCCc1ccc(C(=O)N(C)Cc2cncc(C(C)O)c2)cc1)C(O)c1ccc(Cl)nc1. The van der Waals surface area contributed by atoms with Crippen molar-refractivity contribution < 1.29 is 15.0 Å². The topological polar surface area (TPSA) is 98.6 Å². The molecule has 3 aromatic rings. The van der Waals surface area contributed by atoms with Crippen LogP contribution in [0.3, 0.4) is 0 Å². The summed E-state index contributed by atoms with van der Waals surface area (Å²) in [5.41, 5.74) is 4.03. The molecule has 3 atom stereocenters. The van der Waals surface area contributed by atoms with E-state index < -0.39 is 12.2 Å². The highest BCUT2D eigenvalue weighted by molar-refractivity contribution is 6.29. The van der Waals surface area contributed by atoms with Crippen molar-refractivity contribution in [2.24, 2.45) is 0 Å². The molecule has 8 heteroatoms. The van der Waals surface area contributed by atoms with Gasteiger partial charge in [-0.1, -0.05) is 36.7 Å². The standard InChI is InChI=1S/C27H33ClN4O3/c1-4-24(26(34)22-9-10-25(28)31-16-22)30-12-11-19-5-7-21(8-6-19)27(35)32(3)17-20-13-23(18(2)33)15-29-14-20/h5-10,13-16,18,24,26,30,33-34H,4,11-12,17H2,1-3H3. The Morgan fingerprint density at radius 2 is 1.80 bits per heavy atom. The lowest BCUT2D eigenvalue weighted by Crippen LogP contribution is -2.35. The third-order valence-corrected chi connectivity index (χ3v) is 6.22. The third-order valence-electron chi connectivity index (χ3n) is 6.00. The Labute approximate surface area is 211 Å². The average molecular weight is 497 g/mol. The number of aromatic nitrogens is 2. The summed E-state index contributed by atoms with van der Waals surface area (Å²) in [6.07, 6.45) is 5.19. The van der Waals surface area contributed by atoms with E-state index in [9.17, 15) is 15.0 Å². The molecule has 0 aliphatic carbocycles. The van der Waals surface area contributed by atoms with Crippen LogP contribution >= 0.6 is 11.6 Å². The molecule has 0 saturated carbocycles. The first-order valence-corrected chi connectivity index (χ1v) is 12.2. The molecular formula is C27H33ClN4O3. The molecule has 0 fully saturated rings. The third kappa shape index (κ3) is 7.57. The second-order valence-electron chi connectivity index (χ2n) is 8.74. The Morgan fingerprint density at radius 3 is 2.43 bits per heavy atom. The largest absolute Gasteiger partial charge is 0.389 e. The lowest BCUT2D eigenvalue weighted by atomic mass is 10.0. The van der Waals surface area contributed by atoms with E-state index in [-0.39, 0.29) is 11.9 Å². The molecule has 0 saturated heterocycles. The number of halogens is 1. The number of carbonyl (C=O) groups is 1. The zero-order valence-corrected chi connectivity index (χ0v) is 21.1. The molecule has 3 N–H and O–H groups in total. The quantitative estimate of drug-likeness (QED) is 0.346. The molecule has 3 unspecified atom stereocenters. The van der Waals surface area contributed by atoms with Gasteiger partial charge in [0.05, 0.1) is 12.2 Å². The number of benzene rings is 1. The molecule has 1 aromatic carbocycles. The van der Waals surface area contributed by atoms with Gasteiger partial charge in [-0.05, 0) is 67.3 Å². The van der Waals surface area contributed by atoms with Gasteiger partial charge in [0.1, 0.15) is 5.15 Å². The van der Waals surface area contributed by atoms with Crippen LogP contribution in [-0.4, -0.2) is 50.6 Å². The monoisotopic (exact) mass is 496 g/mol. The zero-order chi connectivity index (χ0) is 25.4. The van der Waals surface area contributed by atoms with Crippen LogP contribution in [0.4, 0.5) is 0 Å². The van der Waals surface area contributed by atoms with Gasteiger partial charge in [-0.3, -0.25) is 9.78 Å². The lowest BCUT2D eigenvalue weighted by Gasteiger charge is -2.23. The molecule has 0 aliphatic rings. The van der Waals surface area contributed by atoms with Crippen LogP contribution in [0.2, 0.25) is 5.15 Å². The molecule has 1 amide bonds. The maximum atomic E-state index is 12.9. The van der Waals surface area contributed by atoms with Crippen molar-refractivity contribution in [3.8, 4) is 0 Å². The molecule has 0 spiro atoms. The van der Waals surface area contributed by atoms with Crippen molar-refractivity contribution in [3.63, 3.8) is 0 Å². The second-order valence-corrected chi connectivity index (χ2v) is 9.13. The van der Waals surface area contributed by atoms with Crippen LogP contribution < -0.4 is 5.32 Å². The number of aliphatic hydroxyl groups is 2. The number of hydrogen-bond acceptors (Lipinski definition) is 6. The van der Waals surface area contributed by atoms with E-state index in [4.69, 9.17) is 11.6 Å². The molecule has 35 heavy (non-hydrogen) atoms. The van der Waals surface area contributed by atoms with E-state index in [1.807, 2.05) is 37.3 Å². The number of rotatable bonds is 11. The van der Waals surface area contributed by atoms with Crippen LogP contribution in [0.5, 0.6) is 0 Å². The number of nitrogens with zero attached hydrogens (tertiary/aromatic N) is 3. The Balaban J connectivity index is 1.52. The summed E-state index contributed by atoms with van der Waals surface area (Å²) in [6, 6.07) is 12.8. The fraction of sp³-hybridized carbons (Fsp3) is 0.370. The van der Waals surface area contributed by atoms with Crippen LogP contribution in [0, 0.1) is 0 Å².